The molecule has 0 heterocycles. The van der Waals surface area contributed by atoms with Crippen molar-refractivity contribution in [2.24, 2.45) is 0 Å². The van der Waals surface area contributed by atoms with Gasteiger partial charge < -0.3 is 4.74 Å². The molecule has 0 aliphatic carbocycles. The summed E-state index contributed by atoms with van der Waals surface area (Å²) in [4.78, 5) is 1.54. The molecule has 0 unspecified atom stereocenters. The number of benzene rings is 2. The first-order valence-corrected chi connectivity index (χ1v) is 4.97. The number of anilines is 1. The third kappa shape index (κ3) is 1.55. The second-order valence-corrected chi connectivity index (χ2v) is 3.49. The first-order valence-electron chi connectivity index (χ1n) is 4.97. The topological polar surface area (TPSA) is 36.3 Å². The normalized spacial score (nSPS) is 9.81. The molecule has 0 aromatic heterocycles. The predicted octanol–water partition coefficient (Wildman–Crippen LogP) is 2.77. The Morgan fingerprint density at radius 2 is 1.81 bits per heavy atom. The highest BCUT2D eigenvalue weighted by Crippen LogP contribution is 2.32. The molecular formula is C13H12N2O. The lowest BCUT2D eigenvalue weighted by molar-refractivity contribution is 0.420. The zero-order chi connectivity index (χ0) is 11.5. The Hall–Kier alpha value is -2.21. The molecule has 80 valence electrons. The predicted molar refractivity (Wildman–Crippen MR) is 64.5 cm³/mol. The molecule has 2 aromatic rings. The van der Waals surface area contributed by atoms with Gasteiger partial charge in [0.15, 0.2) is 6.19 Å². The Kier molecular flexibility index (Phi) is 2.65. The summed E-state index contributed by atoms with van der Waals surface area (Å²) in [5, 5.41) is 11.0. The first kappa shape index (κ1) is 10.3. The lowest BCUT2D eigenvalue weighted by Gasteiger charge is -2.14. The SMILES string of the molecule is COc1ccc(N(C)C#N)c2ccccc12. The van der Waals surface area contributed by atoms with Crippen molar-refractivity contribution in [2.75, 3.05) is 19.1 Å². The molecule has 0 aliphatic rings. The molecule has 2 aromatic carbocycles. The minimum absolute atomic E-state index is 0.825. The second-order valence-electron chi connectivity index (χ2n) is 3.49. The van der Waals surface area contributed by atoms with Crippen LogP contribution in [-0.2, 0) is 0 Å². The van der Waals surface area contributed by atoms with Gasteiger partial charge in [0.05, 0.1) is 12.8 Å². The van der Waals surface area contributed by atoms with Crippen molar-refractivity contribution in [1.29, 1.82) is 5.26 Å². The molecule has 0 saturated carbocycles. The van der Waals surface area contributed by atoms with Crippen LogP contribution in [0, 0.1) is 11.5 Å². The quantitative estimate of drug-likeness (QED) is 0.567. The molecule has 0 radical (unpaired) electrons. The second kappa shape index (κ2) is 4.11. The molecule has 0 aliphatic heterocycles. The van der Waals surface area contributed by atoms with Crippen molar-refractivity contribution in [3.8, 4) is 11.9 Å². The van der Waals surface area contributed by atoms with Gasteiger partial charge in [-0.25, -0.2) is 0 Å². The van der Waals surface area contributed by atoms with E-state index in [1.54, 1.807) is 19.1 Å². The number of nitriles is 1. The lowest BCUT2D eigenvalue weighted by atomic mass is 10.1. The largest absolute Gasteiger partial charge is 0.496 e. The molecule has 0 N–H and O–H groups in total. The van der Waals surface area contributed by atoms with Gasteiger partial charge in [0.1, 0.15) is 5.75 Å². The van der Waals surface area contributed by atoms with Gasteiger partial charge in [-0.3, -0.25) is 4.90 Å². The van der Waals surface area contributed by atoms with Gasteiger partial charge in [-0.05, 0) is 12.1 Å². The summed E-state index contributed by atoms with van der Waals surface area (Å²) in [6.07, 6.45) is 2.10. The zero-order valence-electron chi connectivity index (χ0n) is 9.27. The van der Waals surface area contributed by atoms with Crippen LogP contribution < -0.4 is 9.64 Å². The number of hydrogen-bond acceptors (Lipinski definition) is 3. The smallest absolute Gasteiger partial charge is 0.184 e. The molecule has 2 rings (SSSR count). The minimum Gasteiger partial charge on any atom is -0.496 e. The highest BCUT2D eigenvalue weighted by Gasteiger charge is 2.08. The van der Waals surface area contributed by atoms with E-state index < -0.39 is 0 Å². The van der Waals surface area contributed by atoms with Crippen molar-refractivity contribution in [3.05, 3.63) is 36.4 Å². The van der Waals surface area contributed by atoms with Crippen LogP contribution in [0.25, 0.3) is 10.8 Å². The number of nitrogens with zero attached hydrogens (tertiary/aromatic N) is 2. The summed E-state index contributed by atoms with van der Waals surface area (Å²) < 4.78 is 5.29. The van der Waals surface area contributed by atoms with Crippen LogP contribution >= 0.6 is 0 Å². The van der Waals surface area contributed by atoms with E-state index in [9.17, 15) is 0 Å². The number of ether oxygens (including phenoxy) is 1. The molecule has 0 atom stereocenters. The Morgan fingerprint density at radius 1 is 1.12 bits per heavy atom. The number of methoxy groups -OCH3 is 1. The molecule has 0 fully saturated rings. The van der Waals surface area contributed by atoms with Gasteiger partial charge in [-0.1, -0.05) is 24.3 Å². The summed E-state index contributed by atoms with van der Waals surface area (Å²) in [6, 6.07) is 11.7. The first-order chi connectivity index (χ1) is 7.77. The van der Waals surface area contributed by atoms with Crippen molar-refractivity contribution in [1.82, 2.24) is 0 Å². The van der Waals surface area contributed by atoms with Crippen LogP contribution in [0.4, 0.5) is 5.69 Å². The van der Waals surface area contributed by atoms with E-state index in [0.29, 0.717) is 0 Å². The fourth-order valence-electron chi connectivity index (χ4n) is 1.78. The van der Waals surface area contributed by atoms with Crippen LogP contribution in [0.1, 0.15) is 0 Å². The summed E-state index contributed by atoms with van der Waals surface area (Å²) in [5.41, 5.74) is 0.888. The number of rotatable bonds is 2. The standard InChI is InChI=1S/C13H12N2O/c1-15(9-14)12-7-8-13(16-2)11-6-4-3-5-10(11)12/h3-8H,1-2H3. The van der Waals surface area contributed by atoms with Gasteiger partial charge in [0.2, 0.25) is 0 Å². The summed E-state index contributed by atoms with van der Waals surface area (Å²) in [5.74, 6) is 0.825. The van der Waals surface area contributed by atoms with E-state index in [4.69, 9.17) is 10.00 Å². The number of hydrogen-bond donors (Lipinski definition) is 0. The monoisotopic (exact) mass is 212 g/mol. The van der Waals surface area contributed by atoms with Crippen molar-refractivity contribution < 1.29 is 4.74 Å². The van der Waals surface area contributed by atoms with Crippen LogP contribution in [0.2, 0.25) is 0 Å². The molecule has 3 heteroatoms. The summed E-state index contributed by atoms with van der Waals surface area (Å²) >= 11 is 0. The average Bonchev–Trinajstić information content (AvgIpc) is 2.36. The van der Waals surface area contributed by atoms with Gasteiger partial charge in [0, 0.05) is 17.8 Å². The molecule has 3 nitrogen and oxygen atoms in total. The Balaban J connectivity index is 2.75. The Labute approximate surface area is 94.5 Å². The van der Waals surface area contributed by atoms with Crippen LogP contribution in [0.5, 0.6) is 5.75 Å². The molecule has 0 amide bonds. The molecule has 0 bridgehead atoms. The van der Waals surface area contributed by atoms with Crippen molar-refractivity contribution in [2.45, 2.75) is 0 Å². The van der Waals surface area contributed by atoms with Gasteiger partial charge in [-0.15, -0.1) is 0 Å². The van der Waals surface area contributed by atoms with E-state index in [1.807, 2.05) is 36.4 Å². The zero-order valence-corrected chi connectivity index (χ0v) is 9.27. The van der Waals surface area contributed by atoms with E-state index in [1.165, 1.54) is 0 Å². The maximum Gasteiger partial charge on any atom is 0.184 e. The van der Waals surface area contributed by atoms with E-state index in [0.717, 1.165) is 22.2 Å². The molecule has 0 saturated heterocycles. The lowest BCUT2D eigenvalue weighted by Crippen LogP contribution is -2.08. The minimum atomic E-state index is 0.825. The molecule has 0 spiro atoms. The number of fused-ring (bicyclic) bond motifs is 1. The van der Waals surface area contributed by atoms with Gasteiger partial charge in [0.25, 0.3) is 0 Å². The van der Waals surface area contributed by atoms with Crippen LogP contribution in [-0.4, -0.2) is 14.2 Å². The van der Waals surface area contributed by atoms with Gasteiger partial charge in [-0.2, -0.15) is 5.26 Å². The molecule has 16 heavy (non-hydrogen) atoms. The third-order valence-electron chi connectivity index (χ3n) is 2.59. The Morgan fingerprint density at radius 3 is 2.44 bits per heavy atom. The molecular weight excluding hydrogens is 200 g/mol. The van der Waals surface area contributed by atoms with Crippen molar-refractivity contribution >= 4 is 16.5 Å². The average molecular weight is 212 g/mol. The van der Waals surface area contributed by atoms with E-state index in [2.05, 4.69) is 6.19 Å². The van der Waals surface area contributed by atoms with Crippen molar-refractivity contribution in [3.63, 3.8) is 0 Å². The fourth-order valence-corrected chi connectivity index (χ4v) is 1.78. The maximum atomic E-state index is 8.92. The Bertz CT molecular complexity index is 557. The highest BCUT2D eigenvalue weighted by molar-refractivity contribution is 5.98. The summed E-state index contributed by atoms with van der Waals surface area (Å²) in [6.45, 7) is 0. The summed E-state index contributed by atoms with van der Waals surface area (Å²) in [7, 11) is 3.39. The third-order valence-corrected chi connectivity index (χ3v) is 2.59. The van der Waals surface area contributed by atoms with E-state index >= 15 is 0 Å². The van der Waals surface area contributed by atoms with Crippen LogP contribution in [0.15, 0.2) is 36.4 Å². The van der Waals surface area contributed by atoms with Crippen LogP contribution in [0.3, 0.4) is 0 Å². The maximum absolute atomic E-state index is 8.92. The fraction of sp³-hybridized carbons (Fsp3) is 0.154. The van der Waals surface area contributed by atoms with Gasteiger partial charge >= 0.3 is 0 Å². The van der Waals surface area contributed by atoms with E-state index in [-0.39, 0.29) is 0 Å². The highest BCUT2D eigenvalue weighted by atomic mass is 16.5.